The van der Waals surface area contributed by atoms with Crippen molar-refractivity contribution in [2.45, 2.75) is 25.9 Å². The summed E-state index contributed by atoms with van der Waals surface area (Å²) in [6, 6.07) is 19.1. The Kier molecular flexibility index (Phi) is 4.63. The fourth-order valence-corrected chi connectivity index (χ4v) is 4.31. The molecule has 2 aromatic carbocycles. The van der Waals surface area contributed by atoms with Gasteiger partial charge in [0.05, 0.1) is 0 Å². The fraction of sp³-hybridized carbons (Fsp3) is 0.208. The van der Waals surface area contributed by atoms with E-state index < -0.39 is 0 Å². The highest BCUT2D eigenvalue weighted by molar-refractivity contribution is 6.30. The first-order chi connectivity index (χ1) is 13.8. The van der Waals surface area contributed by atoms with Crippen molar-refractivity contribution in [1.82, 2.24) is 14.9 Å². The molecule has 0 amide bonds. The summed E-state index contributed by atoms with van der Waals surface area (Å²) >= 11 is 6.04. The minimum atomic E-state index is 0.794. The highest BCUT2D eigenvalue weighted by Gasteiger charge is 2.19. The van der Waals surface area contributed by atoms with Crippen molar-refractivity contribution in [2.24, 2.45) is 0 Å². The van der Waals surface area contributed by atoms with Crippen LogP contribution in [0.3, 0.4) is 0 Å². The van der Waals surface area contributed by atoms with Crippen molar-refractivity contribution >= 4 is 22.5 Å². The smallest absolute Gasteiger partial charge is 0.0459 e. The van der Waals surface area contributed by atoms with Crippen molar-refractivity contribution in [3.63, 3.8) is 0 Å². The summed E-state index contributed by atoms with van der Waals surface area (Å²) in [5.74, 6) is 0. The number of fused-ring (bicyclic) bond motifs is 3. The molecule has 0 bridgehead atoms. The summed E-state index contributed by atoms with van der Waals surface area (Å²) in [5, 5.41) is 2.13. The molecule has 0 spiro atoms. The van der Waals surface area contributed by atoms with Crippen LogP contribution in [-0.2, 0) is 19.5 Å². The van der Waals surface area contributed by atoms with Gasteiger partial charge >= 0.3 is 0 Å². The zero-order valence-corrected chi connectivity index (χ0v) is 16.4. The molecule has 0 atom stereocenters. The topological polar surface area (TPSA) is 31.9 Å². The summed E-state index contributed by atoms with van der Waals surface area (Å²) in [4.78, 5) is 10.4. The number of benzene rings is 2. The van der Waals surface area contributed by atoms with Crippen LogP contribution in [0.25, 0.3) is 22.0 Å². The lowest BCUT2D eigenvalue weighted by Crippen LogP contribution is -2.22. The van der Waals surface area contributed by atoms with Gasteiger partial charge in [0.2, 0.25) is 0 Å². The number of aromatic amines is 1. The van der Waals surface area contributed by atoms with Crippen molar-refractivity contribution in [3.05, 3.63) is 88.8 Å². The van der Waals surface area contributed by atoms with Gasteiger partial charge in [0.25, 0.3) is 0 Å². The van der Waals surface area contributed by atoms with E-state index in [2.05, 4.69) is 57.3 Å². The number of H-pyrrole nitrogens is 1. The number of hydrogen-bond acceptors (Lipinski definition) is 2. The number of pyridine rings is 1. The molecule has 1 aliphatic rings. The van der Waals surface area contributed by atoms with E-state index in [1.54, 1.807) is 0 Å². The molecule has 1 aliphatic heterocycles. The van der Waals surface area contributed by atoms with E-state index >= 15 is 0 Å². The van der Waals surface area contributed by atoms with E-state index in [1.165, 1.54) is 45.3 Å². The zero-order valence-electron chi connectivity index (χ0n) is 15.7. The third-order valence-electron chi connectivity index (χ3n) is 5.61. The van der Waals surface area contributed by atoms with Crippen LogP contribution in [0, 0.1) is 0 Å². The third kappa shape index (κ3) is 3.44. The SMILES string of the molecule is Clc1ccc(CN2CCCc3[nH]c4ccc(-c5ccncc5)cc4c3C2)cc1. The van der Waals surface area contributed by atoms with Crippen LogP contribution in [0.4, 0.5) is 0 Å². The Balaban J connectivity index is 1.49. The molecule has 0 saturated carbocycles. The molecule has 1 N–H and O–H groups in total. The Morgan fingerprint density at radius 3 is 2.61 bits per heavy atom. The van der Waals surface area contributed by atoms with Gasteiger partial charge in [-0.05, 0) is 78.0 Å². The van der Waals surface area contributed by atoms with Gasteiger partial charge in [-0.3, -0.25) is 9.88 Å². The second-order valence-corrected chi connectivity index (χ2v) is 7.96. The lowest BCUT2D eigenvalue weighted by Gasteiger charge is -2.20. The minimum absolute atomic E-state index is 0.794. The van der Waals surface area contributed by atoms with Gasteiger partial charge in [-0.15, -0.1) is 0 Å². The molecule has 3 nitrogen and oxygen atoms in total. The highest BCUT2D eigenvalue weighted by Crippen LogP contribution is 2.31. The Labute approximate surface area is 170 Å². The quantitative estimate of drug-likeness (QED) is 0.479. The van der Waals surface area contributed by atoms with Crippen LogP contribution >= 0.6 is 11.6 Å². The molecule has 4 aromatic rings. The van der Waals surface area contributed by atoms with Crippen LogP contribution in [0.2, 0.25) is 5.02 Å². The molecule has 28 heavy (non-hydrogen) atoms. The molecule has 0 saturated heterocycles. The molecule has 0 fully saturated rings. The van der Waals surface area contributed by atoms with Crippen LogP contribution < -0.4 is 0 Å². The standard InChI is InChI=1S/C24H22ClN3/c25-20-6-3-17(4-7-20)15-28-13-1-2-23-22(16-28)21-14-19(5-8-24(21)27-23)18-9-11-26-12-10-18/h3-12,14,27H,1-2,13,15-16H2. The first-order valence-corrected chi connectivity index (χ1v) is 10.1. The highest BCUT2D eigenvalue weighted by atomic mass is 35.5. The molecule has 140 valence electrons. The number of halogens is 1. The maximum absolute atomic E-state index is 6.04. The number of rotatable bonds is 3. The van der Waals surface area contributed by atoms with E-state index in [4.69, 9.17) is 11.6 Å². The van der Waals surface area contributed by atoms with Gasteiger partial charge < -0.3 is 4.98 Å². The number of nitrogens with one attached hydrogen (secondary N) is 1. The predicted octanol–water partition coefficient (Wildman–Crippen LogP) is 5.83. The van der Waals surface area contributed by atoms with Crippen molar-refractivity contribution in [1.29, 1.82) is 0 Å². The lowest BCUT2D eigenvalue weighted by molar-refractivity contribution is 0.262. The number of nitrogens with zero attached hydrogens (tertiary/aromatic N) is 2. The normalized spacial score (nSPS) is 14.8. The average Bonchev–Trinajstić information content (AvgIpc) is 2.94. The summed E-state index contributed by atoms with van der Waals surface area (Å²) in [6.07, 6.45) is 5.98. The minimum Gasteiger partial charge on any atom is -0.358 e. The second kappa shape index (κ2) is 7.42. The first kappa shape index (κ1) is 17.5. The van der Waals surface area contributed by atoms with Crippen LogP contribution in [-0.4, -0.2) is 21.4 Å². The maximum Gasteiger partial charge on any atom is 0.0459 e. The molecule has 3 heterocycles. The lowest BCUT2D eigenvalue weighted by atomic mass is 10.0. The Hall–Kier alpha value is -2.62. The summed E-state index contributed by atoms with van der Waals surface area (Å²) in [5.41, 5.74) is 7.82. The Morgan fingerprint density at radius 1 is 0.964 bits per heavy atom. The monoisotopic (exact) mass is 387 g/mol. The van der Waals surface area contributed by atoms with E-state index in [0.29, 0.717) is 0 Å². The molecule has 5 rings (SSSR count). The van der Waals surface area contributed by atoms with Crippen molar-refractivity contribution in [2.75, 3.05) is 6.54 Å². The van der Waals surface area contributed by atoms with Gasteiger partial charge in [-0.2, -0.15) is 0 Å². The van der Waals surface area contributed by atoms with Crippen molar-refractivity contribution in [3.8, 4) is 11.1 Å². The largest absolute Gasteiger partial charge is 0.358 e. The molecular formula is C24H22ClN3. The van der Waals surface area contributed by atoms with Gasteiger partial charge in [-0.25, -0.2) is 0 Å². The first-order valence-electron chi connectivity index (χ1n) is 9.77. The number of aryl methyl sites for hydroxylation is 1. The molecule has 0 radical (unpaired) electrons. The molecule has 0 unspecified atom stereocenters. The predicted molar refractivity (Wildman–Crippen MR) is 115 cm³/mol. The number of hydrogen-bond donors (Lipinski definition) is 1. The van der Waals surface area contributed by atoms with E-state index in [0.717, 1.165) is 31.1 Å². The van der Waals surface area contributed by atoms with E-state index in [1.807, 2.05) is 24.5 Å². The van der Waals surface area contributed by atoms with E-state index in [-0.39, 0.29) is 0 Å². The molecule has 2 aromatic heterocycles. The Morgan fingerprint density at radius 2 is 1.79 bits per heavy atom. The molecule has 0 aliphatic carbocycles. The van der Waals surface area contributed by atoms with E-state index in [9.17, 15) is 0 Å². The summed E-state index contributed by atoms with van der Waals surface area (Å²) in [6.45, 7) is 3.03. The summed E-state index contributed by atoms with van der Waals surface area (Å²) < 4.78 is 0. The maximum atomic E-state index is 6.04. The van der Waals surface area contributed by atoms with Gasteiger partial charge in [0.1, 0.15) is 0 Å². The number of aromatic nitrogens is 2. The van der Waals surface area contributed by atoms with Crippen molar-refractivity contribution < 1.29 is 0 Å². The van der Waals surface area contributed by atoms with Crippen LogP contribution in [0.1, 0.15) is 23.2 Å². The Bertz CT molecular complexity index is 1100. The fourth-order valence-electron chi connectivity index (χ4n) is 4.19. The van der Waals surface area contributed by atoms with Gasteiger partial charge in [-0.1, -0.05) is 29.8 Å². The molecular weight excluding hydrogens is 366 g/mol. The second-order valence-electron chi connectivity index (χ2n) is 7.52. The van der Waals surface area contributed by atoms with Crippen LogP contribution in [0.5, 0.6) is 0 Å². The van der Waals surface area contributed by atoms with Gasteiger partial charge in [0, 0.05) is 47.1 Å². The summed E-state index contributed by atoms with van der Waals surface area (Å²) in [7, 11) is 0. The van der Waals surface area contributed by atoms with Crippen LogP contribution in [0.15, 0.2) is 67.0 Å². The average molecular weight is 388 g/mol. The third-order valence-corrected chi connectivity index (χ3v) is 5.86. The molecule has 4 heteroatoms. The zero-order chi connectivity index (χ0) is 18.9. The van der Waals surface area contributed by atoms with Gasteiger partial charge in [0.15, 0.2) is 0 Å².